The minimum atomic E-state index is -4.68. The highest BCUT2D eigenvalue weighted by Crippen LogP contribution is 2.32. The molecule has 0 amide bonds. The summed E-state index contributed by atoms with van der Waals surface area (Å²) in [5, 5.41) is 0. The third-order valence-corrected chi connectivity index (χ3v) is 1.94. The molecule has 0 aliphatic carbocycles. The highest BCUT2D eigenvalue weighted by Gasteiger charge is 2.36. The number of carbonyl (C=O) groups excluding carboxylic acids is 2. The van der Waals surface area contributed by atoms with Gasteiger partial charge in [-0.1, -0.05) is 18.2 Å². The van der Waals surface area contributed by atoms with E-state index in [2.05, 4.69) is 4.74 Å². The zero-order valence-corrected chi connectivity index (χ0v) is 8.88. The number of hydrogen-bond acceptors (Lipinski definition) is 3. The fourth-order valence-corrected chi connectivity index (χ4v) is 1.23. The number of Topliss-reactive ketones (excluding diaryl/α,β-unsaturated/α-hetero) is 1. The summed E-state index contributed by atoms with van der Waals surface area (Å²) in [7, 11) is 0. The van der Waals surface area contributed by atoms with Gasteiger partial charge in [-0.15, -0.1) is 0 Å². The number of esters is 1. The number of hydrogen-bond donors (Lipinski definition) is 0. The standard InChI is InChI=1S/C11H9F3O3/c1-2-17-10(16)9(15)7-5-3-4-6-8(7)11(12,13)14/h3-6H,2H2,1H3. The molecule has 0 atom stereocenters. The first-order valence-corrected chi connectivity index (χ1v) is 4.75. The number of benzene rings is 1. The van der Waals surface area contributed by atoms with E-state index in [9.17, 15) is 22.8 Å². The van der Waals surface area contributed by atoms with E-state index in [0.29, 0.717) is 0 Å². The fourth-order valence-electron chi connectivity index (χ4n) is 1.23. The number of alkyl halides is 3. The van der Waals surface area contributed by atoms with Crippen LogP contribution in [0.4, 0.5) is 13.2 Å². The zero-order valence-electron chi connectivity index (χ0n) is 8.88. The van der Waals surface area contributed by atoms with Crippen LogP contribution in [0.25, 0.3) is 0 Å². The van der Waals surface area contributed by atoms with Gasteiger partial charge in [-0.2, -0.15) is 13.2 Å². The van der Waals surface area contributed by atoms with Crippen molar-refractivity contribution in [2.45, 2.75) is 13.1 Å². The predicted molar refractivity (Wildman–Crippen MR) is 52.4 cm³/mol. The molecular weight excluding hydrogens is 237 g/mol. The first-order valence-electron chi connectivity index (χ1n) is 4.75. The molecule has 92 valence electrons. The second-order valence-corrected chi connectivity index (χ2v) is 3.09. The van der Waals surface area contributed by atoms with Crippen molar-refractivity contribution in [3.63, 3.8) is 0 Å². The molecule has 17 heavy (non-hydrogen) atoms. The maximum Gasteiger partial charge on any atom is 0.417 e. The van der Waals surface area contributed by atoms with Gasteiger partial charge in [0, 0.05) is 5.56 Å². The number of rotatable bonds is 3. The molecular formula is C11H9F3O3. The summed E-state index contributed by atoms with van der Waals surface area (Å²) in [5.74, 6) is -2.58. The number of ether oxygens (including phenoxy) is 1. The number of halogens is 3. The molecule has 0 saturated carbocycles. The quantitative estimate of drug-likeness (QED) is 0.467. The Bertz CT molecular complexity index is 438. The molecule has 0 fully saturated rings. The van der Waals surface area contributed by atoms with Gasteiger partial charge in [-0.3, -0.25) is 4.79 Å². The third-order valence-electron chi connectivity index (χ3n) is 1.94. The topological polar surface area (TPSA) is 43.4 Å². The van der Waals surface area contributed by atoms with Crippen molar-refractivity contribution in [2.24, 2.45) is 0 Å². The Labute approximate surface area is 95.2 Å². The lowest BCUT2D eigenvalue weighted by molar-refractivity contribution is -0.139. The van der Waals surface area contributed by atoms with E-state index >= 15 is 0 Å². The third kappa shape index (κ3) is 3.05. The summed E-state index contributed by atoms with van der Waals surface area (Å²) >= 11 is 0. The summed E-state index contributed by atoms with van der Waals surface area (Å²) in [6, 6.07) is 4.08. The van der Waals surface area contributed by atoms with Crippen LogP contribution in [0.2, 0.25) is 0 Å². The van der Waals surface area contributed by atoms with Gasteiger partial charge in [0.2, 0.25) is 0 Å². The molecule has 3 nitrogen and oxygen atoms in total. The van der Waals surface area contributed by atoms with E-state index in [-0.39, 0.29) is 6.61 Å². The molecule has 0 bridgehead atoms. The Kier molecular flexibility index (Phi) is 3.88. The maximum absolute atomic E-state index is 12.6. The van der Waals surface area contributed by atoms with Crippen LogP contribution in [0, 0.1) is 0 Å². The van der Waals surface area contributed by atoms with E-state index in [1.807, 2.05) is 0 Å². The van der Waals surface area contributed by atoms with E-state index in [4.69, 9.17) is 0 Å². The lowest BCUT2D eigenvalue weighted by Gasteiger charge is -2.10. The SMILES string of the molecule is CCOC(=O)C(=O)c1ccccc1C(F)(F)F. The van der Waals surface area contributed by atoms with Crippen molar-refractivity contribution in [3.05, 3.63) is 35.4 Å². The number of ketones is 1. The normalized spacial score (nSPS) is 11.1. The smallest absolute Gasteiger partial charge is 0.417 e. The summed E-state index contributed by atoms with van der Waals surface area (Å²) in [5.41, 5.74) is -1.84. The Hall–Kier alpha value is -1.85. The van der Waals surface area contributed by atoms with Gasteiger partial charge in [0.15, 0.2) is 0 Å². The average Bonchev–Trinajstić information content (AvgIpc) is 2.27. The molecule has 0 aliphatic rings. The molecule has 0 unspecified atom stereocenters. The van der Waals surface area contributed by atoms with Gasteiger partial charge < -0.3 is 4.74 Å². The number of carbonyl (C=O) groups is 2. The van der Waals surface area contributed by atoms with E-state index in [1.54, 1.807) is 0 Å². The van der Waals surface area contributed by atoms with Crippen LogP contribution in [0.15, 0.2) is 24.3 Å². The highest BCUT2D eigenvalue weighted by atomic mass is 19.4. The molecule has 0 N–H and O–H groups in total. The highest BCUT2D eigenvalue weighted by molar-refractivity contribution is 6.41. The summed E-state index contributed by atoms with van der Waals surface area (Å²) in [6.45, 7) is 1.39. The van der Waals surface area contributed by atoms with Gasteiger partial charge in [0.25, 0.3) is 5.78 Å². The second-order valence-electron chi connectivity index (χ2n) is 3.09. The van der Waals surface area contributed by atoms with Crippen LogP contribution in [0.5, 0.6) is 0 Å². The van der Waals surface area contributed by atoms with Crippen LogP contribution >= 0.6 is 0 Å². The van der Waals surface area contributed by atoms with E-state index in [0.717, 1.165) is 18.2 Å². The molecule has 0 aliphatic heterocycles. The first kappa shape index (κ1) is 13.2. The van der Waals surface area contributed by atoms with Crippen LogP contribution in [0.1, 0.15) is 22.8 Å². The summed E-state index contributed by atoms with van der Waals surface area (Å²) in [4.78, 5) is 22.5. The van der Waals surface area contributed by atoms with E-state index < -0.39 is 29.1 Å². The zero-order chi connectivity index (χ0) is 13.1. The van der Waals surface area contributed by atoms with E-state index in [1.165, 1.54) is 13.0 Å². The average molecular weight is 246 g/mol. The van der Waals surface area contributed by atoms with Gasteiger partial charge in [-0.05, 0) is 13.0 Å². The van der Waals surface area contributed by atoms with Crippen molar-refractivity contribution in [1.82, 2.24) is 0 Å². The van der Waals surface area contributed by atoms with Crippen LogP contribution < -0.4 is 0 Å². The summed E-state index contributed by atoms with van der Waals surface area (Å²) < 4.78 is 42.0. The Morgan fingerprint density at radius 1 is 1.24 bits per heavy atom. The van der Waals surface area contributed by atoms with Crippen LogP contribution in [0.3, 0.4) is 0 Å². The lowest BCUT2D eigenvalue weighted by atomic mass is 10.0. The predicted octanol–water partition coefficient (Wildman–Crippen LogP) is 2.45. The van der Waals surface area contributed by atoms with Crippen molar-refractivity contribution in [3.8, 4) is 0 Å². The molecule has 1 aromatic rings. The Morgan fingerprint density at radius 3 is 2.35 bits per heavy atom. The van der Waals surface area contributed by atoms with Crippen LogP contribution in [-0.2, 0) is 15.7 Å². The minimum Gasteiger partial charge on any atom is -0.460 e. The van der Waals surface area contributed by atoms with Crippen molar-refractivity contribution in [2.75, 3.05) is 6.61 Å². The lowest BCUT2D eigenvalue weighted by Crippen LogP contribution is -2.21. The van der Waals surface area contributed by atoms with Gasteiger partial charge in [0.1, 0.15) is 0 Å². The molecule has 1 rings (SSSR count). The molecule has 0 aromatic heterocycles. The minimum absolute atomic E-state index is 0.0707. The van der Waals surface area contributed by atoms with Gasteiger partial charge in [0.05, 0.1) is 12.2 Å². The second kappa shape index (κ2) is 4.99. The summed E-state index contributed by atoms with van der Waals surface area (Å²) in [6.07, 6.45) is -4.68. The maximum atomic E-state index is 12.6. The molecule has 6 heteroatoms. The largest absolute Gasteiger partial charge is 0.460 e. The molecule has 1 aromatic carbocycles. The van der Waals surface area contributed by atoms with Gasteiger partial charge >= 0.3 is 12.1 Å². The fraction of sp³-hybridized carbons (Fsp3) is 0.273. The molecule has 0 heterocycles. The molecule has 0 saturated heterocycles. The Balaban J connectivity index is 3.14. The van der Waals surface area contributed by atoms with Crippen molar-refractivity contribution < 1.29 is 27.5 Å². The Morgan fingerprint density at radius 2 is 1.82 bits per heavy atom. The monoisotopic (exact) mass is 246 g/mol. The molecule has 0 spiro atoms. The first-order chi connectivity index (χ1) is 7.88. The van der Waals surface area contributed by atoms with Gasteiger partial charge in [-0.25, -0.2) is 4.79 Å². The molecule has 0 radical (unpaired) electrons. The van der Waals surface area contributed by atoms with Crippen molar-refractivity contribution >= 4 is 11.8 Å². The van der Waals surface area contributed by atoms with Crippen molar-refractivity contribution in [1.29, 1.82) is 0 Å². The van der Waals surface area contributed by atoms with Crippen LogP contribution in [-0.4, -0.2) is 18.4 Å².